The van der Waals surface area contributed by atoms with Crippen molar-refractivity contribution in [3.05, 3.63) is 66.1 Å². The molecule has 5 rings (SSSR count). The first-order chi connectivity index (χ1) is 13.2. The number of anilines is 2. The van der Waals surface area contributed by atoms with Crippen LogP contribution in [0.4, 0.5) is 11.5 Å². The van der Waals surface area contributed by atoms with Crippen molar-refractivity contribution in [2.45, 2.75) is 13.8 Å². The van der Waals surface area contributed by atoms with Crippen LogP contribution in [0.3, 0.4) is 0 Å². The molecule has 6 heteroatoms. The maximum atomic E-state index is 4.68. The van der Waals surface area contributed by atoms with Gasteiger partial charge in [0.05, 0.1) is 11.2 Å². The molecule has 132 valence electrons. The highest BCUT2D eigenvalue weighted by molar-refractivity contribution is 5.86. The van der Waals surface area contributed by atoms with Gasteiger partial charge in [-0.15, -0.1) is 0 Å². The molecular weight excluding hydrogens is 336 g/mol. The predicted octanol–water partition coefficient (Wildman–Crippen LogP) is 4.86. The average Bonchev–Trinajstić information content (AvgIpc) is 3.23. The second kappa shape index (κ2) is 5.95. The largest absolute Gasteiger partial charge is 0.359 e. The van der Waals surface area contributed by atoms with Crippen LogP contribution in [0.2, 0.25) is 0 Å². The van der Waals surface area contributed by atoms with E-state index < -0.39 is 0 Å². The molecule has 0 saturated carbocycles. The van der Waals surface area contributed by atoms with Crippen LogP contribution in [0, 0.1) is 13.8 Å². The third kappa shape index (κ3) is 2.81. The summed E-state index contributed by atoms with van der Waals surface area (Å²) >= 11 is 0. The Morgan fingerprint density at radius 2 is 1.85 bits per heavy atom. The van der Waals surface area contributed by atoms with E-state index in [2.05, 4.69) is 67.7 Å². The van der Waals surface area contributed by atoms with E-state index in [1.54, 1.807) is 6.20 Å². The van der Waals surface area contributed by atoms with Gasteiger partial charge in [0, 0.05) is 34.0 Å². The maximum Gasteiger partial charge on any atom is 0.161 e. The van der Waals surface area contributed by atoms with Gasteiger partial charge in [-0.3, -0.25) is 5.10 Å². The smallest absolute Gasteiger partial charge is 0.161 e. The number of aromatic nitrogens is 5. The van der Waals surface area contributed by atoms with Crippen molar-refractivity contribution in [2.24, 2.45) is 0 Å². The first-order valence-corrected chi connectivity index (χ1v) is 8.80. The van der Waals surface area contributed by atoms with Gasteiger partial charge < -0.3 is 10.3 Å². The molecule has 0 bridgehead atoms. The predicted molar refractivity (Wildman–Crippen MR) is 108 cm³/mol. The van der Waals surface area contributed by atoms with E-state index in [-0.39, 0.29) is 0 Å². The highest BCUT2D eigenvalue weighted by Crippen LogP contribution is 2.25. The zero-order chi connectivity index (χ0) is 18.4. The minimum absolute atomic E-state index is 0.690. The lowest BCUT2D eigenvalue weighted by atomic mass is 10.1. The number of benzene rings is 2. The molecule has 27 heavy (non-hydrogen) atoms. The molecule has 3 aromatic heterocycles. The number of aryl methyl sites for hydroxylation is 2. The molecule has 0 atom stereocenters. The molecule has 0 aliphatic heterocycles. The Labute approximate surface area is 155 Å². The number of H-pyrrole nitrogens is 2. The van der Waals surface area contributed by atoms with Gasteiger partial charge in [0.1, 0.15) is 5.82 Å². The third-order valence-electron chi connectivity index (χ3n) is 4.70. The molecule has 0 spiro atoms. The minimum atomic E-state index is 0.690. The fraction of sp³-hybridized carbons (Fsp3) is 0.0952. The molecule has 0 radical (unpaired) electrons. The molecule has 6 nitrogen and oxygen atoms in total. The third-order valence-corrected chi connectivity index (χ3v) is 4.70. The number of aromatic amines is 2. The van der Waals surface area contributed by atoms with Crippen LogP contribution in [0.15, 0.2) is 54.7 Å². The molecule has 0 unspecified atom stereocenters. The van der Waals surface area contributed by atoms with E-state index in [9.17, 15) is 0 Å². The van der Waals surface area contributed by atoms with Crippen molar-refractivity contribution >= 4 is 33.3 Å². The molecule has 0 aliphatic carbocycles. The van der Waals surface area contributed by atoms with Gasteiger partial charge in [0.25, 0.3) is 0 Å². The number of nitrogens with one attached hydrogen (secondary N) is 3. The van der Waals surface area contributed by atoms with Gasteiger partial charge >= 0.3 is 0 Å². The SMILES string of the molecule is Cc1cc2ccc(-c3nccc(Nc4ccc5[nH]nc(C)c5c4)n3)cc2[nH]1. The summed E-state index contributed by atoms with van der Waals surface area (Å²) < 4.78 is 0. The van der Waals surface area contributed by atoms with Gasteiger partial charge in [0.2, 0.25) is 0 Å². The summed E-state index contributed by atoms with van der Waals surface area (Å²) in [5.41, 5.74) is 6.18. The van der Waals surface area contributed by atoms with Crippen LogP contribution in [0.5, 0.6) is 0 Å². The lowest BCUT2D eigenvalue weighted by molar-refractivity contribution is 1.07. The highest BCUT2D eigenvalue weighted by atomic mass is 15.1. The fourth-order valence-corrected chi connectivity index (χ4v) is 3.35. The highest BCUT2D eigenvalue weighted by Gasteiger charge is 2.07. The molecule has 0 aliphatic rings. The molecule has 3 heterocycles. The van der Waals surface area contributed by atoms with Crippen molar-refractivity contribution in [1.82, 2.24) is 25.1 Å². The normalized spacial score (nSPS) is 11.3. The van der Waals surface area contributed by atoms with Crippen LogP contribution in [-0.4, -0.2) is 25.1 Å². The van der Waals surface area contributed by atoms with E-state index in [4.69, 9.17) is 0 Å². The molecule has 0 fully saturated rings. The molecule has 0 amide bonds. The second-order valence-corrected chi connectivity index (χ2v) is 6.71. The van der Waals surface area contributed by atoms with E-state index in [1.807, 2.05) is 25.1 Å². The summed E-state index contributed by atoms with van der Waals surface area (Å²) in [5.74, 6) is 1.44. The van der Waals surface area contributed by atoms with Gasteiger partial charge in [-0.25, -0.2) is 9.97 Å². The quantitative estimate of drug-likeness (QED) is 0.432. The first-order valence-electron chi connectivity index (χ1n) is 8.80. The Kier molecular flexibility index (Phi) is 3.43. The van der Waals surface area contributed by atoms with E-state index in [0.717, 1.165) is 44.9 Å². The lowest BCUT2D eigenvalue weighted by Gasteiger charge is -2.07. The molecule has 3 N–H and O–H groups in total. The number of hydrogen-bond acceptors (Lipinski definition) is 4. The van der Waals surface area contributed by atoms with Crippen molar-refractivity contribution in [2.75, 3.05) is 5.32 Å². The first kappa shape index (κ1) is 15.6. The van der Waals surface area contributed by atoms with Crippen LogP contribution in [0.1, 0.15) is 11.4 Å². The average molecular weight is 354 g/mol. The summed E-state index contributed by atoms with van der Waals surface area (Å²) in [7, 11) is 0. The topological polar surface area (TPSA) is 82.3 Å². The molecule has 2 aromatic carbocycles. The Morgan fingerprint density at radius 1 is 0.926 bits per heavy atom. The summed E-state index contributed by atoms with van der Waals surface area (Å²) in [5, 5.41) is 12.9. The Hall–Kier alpha value is -3.67. The standard InChI is InChI=1S/C21H18N6/c1-12-9-14-3-4-15(10-19(14)23-12)21-22-8-7-20(25-21)24-16-5-6-18-17(11-16)13(2)26-27-18/h3-11,23H,1-2H3,(H,26,27)(H,22,24,25). The summed E-state index contributed by atoms with van der Waals surface area (Å²) in [6.45, 7) is 4.04. The number of nitrogens with zero attached hydrogens (tertiary/aromatic N) is 3. The zero-order valence-electron chi connectivity index (χ0n) is 15.0. The summed E-state index contributed by atoms with van der Waals surface area (Å²) in [6, 6.07) is 16.3. The summed E-state index contributed by atoms with van der Waals surface area (Å²) in [4.78, 5) is 12.5. The lowest BCUT2D eigenvalue weighted by Crippen LogP contribution is -1.96. The van der Waals surface area contributed by atoms with E-state index in [0.29, 0.717) is 5.82 Å². The van der Waals surface area contributed by atoms with Gasteiger partial charge in [0.15, 0.2) is 5.82 Å². The van der Waals surface area contributed by atoms with Crippen molar-refractivity contribution in [3.63, 3.8) is 0 Å². The van der Waals surface area contributed by atoms with Crippen LogP contribution >= 0.6 is 0 Å². The van der Waals surface area contributed by atoms with Crippen molar-refractivity contribution in [1.29, 1.82) is 0 Å². The van der Waals surface area contributed by atoms with Gasteiger partial charge in [-0.05, 0) is 55.6 Å². The van der Waals surface area contributed by atoms with Crippen LogP contribution < -0.4 is 5.32 Å². The number of rotatable bonds is 3. The minimum Gasteiger partial charge on any atom is -0.359 e. The fourth-order valence-electron chi connectivity index (χ4n) is 3.35. The Balaban J connectivity index is 1.49. The Morgan fingerprint density at radius 3 is 2.78 bits per heavy atom. The van der Waals surface area contributed by atoms with Crippen LogP contribution in [0.25, 0.3) is 33.2 Å². The monoisotopic (exact) mass is 354 g/mol. The number of hydrogen-bond donors (Lipinski definition) is 3. The molecule has 0 saturated heterocycles. The van der Waals surface area contributed by atoms with Gasteiger partial charge in [-0.1, -0.05) is 12.1 Å². The molecule has 5 aromatic rings. The summed E-state index contributed by atoms with van der Waals surface area (Å²) in [6.07, 6.45) is 1.77. The van der Waals surface area contributed by atoms with Gasteiger partial charge in [-0.2, -0.15) is 5.10 Å². The zero-order valence-corrected chi connectivity index (χ0v) is 15.0. The molecular formula is C21H18N6. The van der Waals surface area contributed by atoms with Crippen LogP contribution in [-0.2, 0) is 0 Å². The van der Waals surface area contributed by atoms with Crippen molar-refractivity contribution < 1.29 is 0 Å². The Bertz CT molecular complexity index is 1280. The number of fused-ring (bicyclic) bond motifs is 2. The van der Waals surface area contributed by atoms with E-state index in [1.165, 1.54) is 5.39 Å². The van der Waals surface area contributed by atoms with E-state index >= 15 is 0 Å². The van der Waals surface area contributed by atoms with Crippen molar-refractivity contribution in [3.8, 4) is 11.4 Å². The second-order valence-electron chi connectivity index (χ2n) is 6.71. The maximum absolute atomic E-state index is 4.68.